The van der Waals surface area contributed by atoms with E-state index in [2.05, 4.69) is 15.6 Å². The number of hydrogen-bond acceptors (Lipinski definition) is 5. The summed E-state index contributed by atoms with van der Waals surface area (Å²) in [4.78, 5) is 17.5. The van der Waals surface area contributed by atoms with Crippen LogP contribution in [0.25, 0.3) is 0 Å². The normalized spacial score (nSPS) is 16.2. The molecule has 1 aromatic carbocycles. The number of benzene rings is 1. The molecular weight excluding hydrogens is 417 g/mol. The first-order valence-corrected chi connectivity index (χ1v) is 9.17. The molecule has 1 fully saturated rings. The van der Waals surface area contributed by atoms with Crippen molar-refractivity contribution in [2.45, 2.75) is 32.4 Å². The fraction of sp³-hybridized carbons (Fsp3) is 0.412. The molecule has 1 unspecified atom stereocenters. The van der Waals surface area contributed by atoms with Gasteiger partial charge in [0, 0.05) is 17.6 Å². The zero-order chi connectivity index (χ0) is 16.9. The van der Waals surface area contributed by atoms with E-state index in [0.29, 0.717) is 16.5 Å². The third-order valence-electron chi connectivity index (χ3n) is 3.86. The summed E-state index contributed by atoms with van der Waals surface area (Å²) >= 11 is 7.24. The smallest absolute Gasteiger partial charge is 0.263 e. The van der Waals surface area contributed by atoms with Crippen LogP contribution in [0.15, 0.2) is 24.3 Å². The van der Waals surface area contributed by atoms with E-state index >= 15 is 0 Å². The molecule has 1 atom stereocenters. The maximum Gasteiger partial charge on any atom is 0.263 e. The minimum absolute atomic E-state index is 0. The molecule has 0 radical (unpaired) electrons. The number of hydrogen-bond donors (Lipinski definition) is 2. The van der Waals surface area contributed by atoms with Crippen LogP contribution in [0.4, 0.5) is 0 Å². The van der Waals surface area contributed by atoms with Crippen molar-refractivity contribution in [2.75, 3.05) is 13.1 Å². The van der Waals surface area contributed by atoms with Gasteiger partial charge in [-0.2, -0.15) is 0 Å². The Balaban J connectivity index is 0.00000169. The first-order valence-electron chi connectivity index (χ1n) is 7.98. The Morgan fingerprint density at radius 1 is 1.38 bits per heavy atom. The largest absolute Gasteiger partial charge is 0.486 e. The number of ether oxygens (including phenoxy) is 1. The maximum absolute atomic E-state index is 12.4. The van der Waals surface area contributed by atoms with Gasteiger partial charge in [0.05, 0.1) is 5.69 Å². The topological polar surface area (TPSA) is 63.2 Å². The van der Waals surface area contributed by atoms with Crippen LogP contribution in [0.1, 0.15) is 33.2 Å². The van der Waals surface area contributed by atoms with E-state index in [-0.39, 0.29) is 36.8 Å². The number of carbonyl (C=O) groups is 1. The predicted octanol–water partition coefficient (Wildman–Crippen LogP) is 4.01. The molecule has 0 aliphatic carbocycles. The summed E-state index contributed by atoms with van der Waals surface area (Å²) in [5, 5.41) is 7.84. The lowest BCUT2D eigenvalue weighted by Gasteiger charge is -2.23. The van der Waals surface area contributed by atoms with Gasteiger partial charge in [0.25, 0.3) is 5.91 Å². The van der Waals surface area contributed by atoms with E-state index in [1.165, 1.54) is 11.3 Å². The highest BCUT2D eigenvalue weighted by Gasteiger charge is 2.20. The van der Waals surface area contributed by atoms with Gasteiger partial charge in [0.15, 0.2) is 0 Å². The highest BCUT2D eigenvalue weighted by molar-refractivity contribution is 7.13. The second kappa shape index (κ2) is 10.9. The number of rotatable bonds is 5. The zero-order valence-corrected chi connectivity index (χ0v) is 17.5. The summed E-state index contributed by atoms with van der Waals surface area (Å²) < 4.78 is 5.69. The first kappa shape index (κ1) is 23.0. The number of aryl methyl sites for hydroxylation is 1. The first-order chi connectivity index (χ1) is 11.6. The van der Waals surface area contributed by atoms with Crippen molar-refractivity contribution in [3.05, 3.63) is 44.9 Å². The number of aromatic nitrogens is 1. The average molecular weight is 439 g/mol. The Bertz CT molecular complexity index is 704. The summed E-state index contributed by atoms with van der Waals surface area (Å²) in [5.41, 5.74) is 0.746. The van der Waals surface area contributed by atoms with Crippen molar-refractivity contribution in [3.63, 3.8) is 0 Å². The number of amides is 1. The van der Waals surface area contributed by atoms with Gasteiger partial charge in [-0.15, -0.1) is 36.2 Å². The van der Waals surface area contributed by atoms with E-state index in [1.807, 2.05) is 19.1 Å². The molecule has 0 spiro atoms. The number of nitrogens with one attached hydrogen (secondary N) is 2. The number of carbonyl (C=O) groups excluding carboxylic acids is 1. The molecule has 1 aromatic heterocycles. The predicted molar refractivity (Wildman–Crippen MR) is 110 cm³/mol. The maximum atomic E-state index is 12.4. The summed E-state index contributed by atoms with van der Waals surface area (Å²) in [7, 11) is 0. The van der Waals surface area contributed by atoms with Crippen LogP contribution in [0.2, 0.25) is 5.02 Å². The molecule has 1 aliphatic heterocycles. The SMILES string of the molecule is Cc1nc(COc2ccc(Cl)cc2)sc1C(=O)NC1CCCNC1.Cl.Cl. The van der Waals surface area contributed by atoms with Crippen LogP contribution in [0, 0.1) is 6.92 Å². The van der Waals surface area contributed by atoms with E-state index in [0.717, 1.165) is 42.4 Å². The molecule has 1 aliphatic rings. The van der Waals surface area contributed by atoms with Crippen LogP contribution >= 0.6 is 47.8 Å². The lowest BCUT2D eigenvalue weighted by atomic mass is 10.1. The van der Waals surface area contributed by atoms with Gasteiger partial charge in [-0.05, 0) is 50.6 Å². The molecule has 1 amide bonds. The number of thiazole rings is 1. The third-order valence-corrected chi connectivity index (χ3v) is 5.24. The fourth-order valence-corrected chi connectivity index (χ4v) is 3.63. The van der Waals surface area contributed by atoms with Gasteiger partial charge in [0.1, 0.15) is 22.2 Å². The standard InChI is InChI=1S/C17H20ClN3O2S.2ClH/c1-11-16(17(22)21-13-3-2-8-19-9-13)24-15(20-11)10-23-14-6-4-12(18)5-7-14;;/h4-7,13,19H,2-3,8-10H2,1H3,(H,21,22);2*1H. The highest BCUT2D eigenvalue weighted by atomic mass is 35.5. The molecule has 9 heteroatoms. The molecule has 26 heavy (non-hydrogen) atoms. The average Bonchev–Trinajstić information content (AvgIpc) is 2.96. The quantitative estimate of drug-likeness (QED) is 0.740. The van der Waals surface area contributed by atoms with Crippen molar-refractivity contribution in [3.8, 4) is 5.75 Å². The lowest BCUT2D eigenvalue weighted by Crippen LogP contribution is -2.45. The van der Waals surface area contributed by atoms with E-state index in [1.54, 1.807) is 12.1 Å². The monoisotopic (exact) mass is 437 g/mol. The summed E-state index contributed by atoms with van der Waals surface area (Å²) in [6, 6.07) is 7.38. The molecule has 2 N–H and O–H groups in total. The van der Waals surface area contributed by atoms with Gasteiger partial charge in [-0.1, -0.05) is 11.6 Å². The number of halogens is 3. The second-order valence-corrected chi connectivity index (χ2v) is 7.30. The van der Waals surface area contributed by atoms with Crippen molar-refractivity contribution >= 4 is 53.7 Å². The molecule has 2 heterocycles. The Morgan fingerprint density at radius 2 is 2.12 bits per heavy atom. The van der Waals surface area contributed by atoms with Crippen LogP contribution < -0.4 is 15.4 Å². The second-order valence-electron chi connectivity index (χ2n) is 5.78. The Labute approximate surface area is 174 Å². The molecule has 2 aromatic rings. The molecule has 3 rings (SSSR count). The Morgan fingerprint density at radius 3 is 2.77 bits per heavy atom. The van der Waals surface area contributed by atoms with Crippen molar-refractivity contribution in [1.82, 2.24) is 15.6 Å². The Kier molecular flexibility index (Phi) is 9.68. The summed E-state index contributed by atoms with van der Waals surface area (Å²) in [6.07, 6.45) is 2.11. The molecule has 0 saturated carbocycles. The Hall–Kier alpha value is -1.05. The van der Waals surface area contributed by atoms with Crippen molar-refractivity contribution in [1.29, 1.82) is 0 Å². The van der Waals surface area contributed by atoms with Gasteiger partial charge in [-0.25, -0.2) is 4.98 Å². The van der Waals surface area contributed by atoms with Crippen molar-refractivity contribution in [2.24, 2.45) is 0 Å². The van der Waals surface area contributed by atoms with Crippen LogP contribution in [-0.4, -0.2) is 30.0 Å². The van der Waals surface area contributed by atoms with Gasteiger partial charge in [0.2, 0.25) is 0 Å². The fourth-order valence-electron chi connectivity index (χ4n) is 2.63. The zero-order valence-electron chi connectivity index (χ0n) is 14.3. The van der Waals surface area contributed by atoms with Crippen molar-refractivity contribution < 1.29 is 9.53 Å². The number of nitrogens with zero attached hydrogens (tertiary/aromatic N) is 1. The van der Waals surface area contributed by atoms with E-state index < -0.39 is 0 Å². The van der Waals surface area contributed by atoms with Gasteiger partial charge in [-0.3, -0.25) is 4.79 Å². The molecule has 144 valence electrons. The minimum atomic E-state index is -0.0450. The van der Waals surface area contributed by atoms with Crippen LogP contribution in [-0.2, 0) is 6.61 Å². The number of piperidine rings is 1. The summed E-state index contributed by atoms with van der Waals surface area (Å²) in [6.45, 7) is 4.05. The third kappa shape index (κ3) is 6.28. The van der Waals surface area contributed by atoms with Gasteiger partial charge >= 0.3 is 0 Å². The summed E-state index contributed by atoms with van der Waals surface area (Å²) in [5.74, 6) is 0.683. The lowest BCUT2D eigenvalue weighted by molar-refractivity contribution is 0.0934. The highest BCUT2D eigenvalue weighted by Crippen LogP contribution is 2.21. The van der Waals surface area contributed by atoms with E-state index in [4.69, 9.17) is 16.3 Å². The molecular formula is C17H22Cl3N3O2S. The van der Waals surface area contributed by atoms with Crippen LogP contribution in [0.3, 0.4) is 0 Å². The van der Waals surface area contributed by atoms with Crippen LogP contribution in [0.5, 0.6) is 5.75 Å². The minimum Gasteiger partial charge on any atom is -0.486 e. The molecule has 5 nitrogen and oxygen atoms in total. The van der Waals surface area contributed by atoms with Gasteiger partial charge < -0.3 is 15.4 Å². The molecule has 1 saturated heterocycles. The molecule has 0 bridgehead atoms. The van der Waals surface area contributed by atoms with E-state index in [9.17, 15) is 4.79 Å².